The zero-order valence-corrected chi connectivity index (χ0v) is 19.4. The summed E-state index contributed by atoms with van der Waals surface area (Å²) in [5.74, 6) is 3.42. The molecule has 1 aromatic rings. The van der Waals surface area contributed by atoms with Gasteiger partial charge < -0.3 is 15.1 Å². The molecule has 1 unspecified atom stereocenters. The second kappa shape index (κ2) is 12.9. The Balaban J connectivity index is 1.72. The van der Waals surface area contributed by atoms with Crippen molar-refractivity contribution in [3.05, 3.63) is 17.3 Å². The Bertz CT molecular complexity index is 585. The first-order valence-electron chi connectivity index (χ1n) is 11.7. The lowest BCUT2D eigenvalue weighted by atomic mass is 9.97. The lowest BCUT2D eigenvalue weighted by Crippen LogP contribution is -2.42. The molecule has 0 spiro atoms. The number of nitrogens with zero attached hydrogens (tertiary/aromatic N) is 3. The summed E-state index contributed by atoms with van der Waals surface area (Å²) in [7, 11) is 0. The number of nitrogens with one attached hydrogen (secondary N) is 2. The third-order valence-electron chi connectivity index (χ3n) is 5.86. The maximum absolute atomic E-state index is 5.74. The van der Waals surface area contributed by atoms with Crippen LogP contribution in [-0.4, -0.2) is 48.1 Å². The molecule has 0 aromatic carbocycles. The van der Waals surface area contributed by atoms with Crippen LogP contribution in [0.5, 0.6) is 0 Å². The van der Waals surface area contributed by atoms with E-state index in [1.54, 1.807) is 0 Å². The smallest absolute Gasteiger partial charge is 0.208 e. The van der Waals surface area contributed by atoms with Crippen molar-refractivity contribution in [2.45, 2.75) is 92.2 Å². The van der Waals surface area contributed by atoms with Crippen LogP contribution >= 0.6 is 0 Å². The molecule has 1 aliphatic rings. The Morgan fingerprint density at radius 2 is 1.97 bits per heavy atom. The largest absolute Gasteiger partial charge is 0.444 e. The summed E-state index contributed by atoms with van der Waals surface area (Å²) in [5.41, 5.74) is 1.01. The highest BCUT2D eigenvalue weighted by Gasteiger charge is 2.21. The lowest BCUT2D eigenvalue weighted by Gasteiger charge is -2.30. The minimum Gasteiger partial charge on any atom is -0.444 e. The van der Waals surface area contributed by atoms with Crippen molar-refractivity contribution in [3.63, 3.8) is 0 Å². The molecule has 166 valence electrons. The van der Waals surface area contributed by atoms with E-state index in [0.717, 1.165) is 56.0 Å². The summed E-state index contributed by atoms with van der Waals surface area (Å²) in [6, 6.07) is 0.471. The van der Waals surface area contributed by atoms with Gasteiger partial charge in [0.15, 0.2) is 5.96 Å². The number of aryl methyl sites for hydroxylation is 2. The molecule has 1 atom stereocenters. The Hall–Kier alpha value is -1.56. The second-order valence-corrected chi connectivity index (χ2v) is 8.58. The van der Waals surface area contributed by atoms with E-state index in [4.69, 9.17) is 9.41 Å². The summed E-state index contributed by atoms with van der Waals surface area (Å²) >= 11 is 0. The molecule has 0 amide bonds. The SMILES string of the molecule is CCCCCCC(C)NC(=NCC1CCN(Cc2nc(C)c(C)o2)CC1)NCC. The molecule has 29 heavy (non-hydrogen) atoms. The second-order valence-electron chi connectivity index (χ2n) is 8.58. The quantitative estimate of drug-likeness (QED) is 0.324. The molecule has 1 saturated heterocycles. The number of piperidine rings is 1. The molecule has 0 saturated carbocycles. The fourth-order valence-electron chi connectivity index (χ4n) is 3.85. The van der Waals surface area contributed by atoms with Crippen molar-refractivity contribution in [1.82, 2.24) is 20.5 Å². The van der Waals surface area contributed by atoms with E-state index in [1.807, 2.05) is 13.8 Å². The van der Waals surface area contributed by atoms with Gasteiger partial charge in [0.2, 0.25) is 5.89 Å². The van der Waals surface area contributed by atoms with Gasteiger partial charge in [-0.1, -0.05) is 32.6 Å². The minimum atomic E-state index is 0.471. The third-order valence-corrected chi connectivity index (χ3v) is 5.86. The molecule has 2 heterocycles. The van der Waals surface area contributed by atoms with E-state index in [0.29, 0.717) is 12.0 Å². The zero-order valence-electron chi connectivity index (χ0n) is 19.4. The van der Waals surface area contributed by atoms with Gasteiger partial charge in [-0.05, 0) is 66.0 Å². The van der Waals surface area contributed by atoms with E-state index in [1.165, 1.54) is 44.9 Å². The summed E-state index contributed by atoms with van der Waals surface area (Å²) in [6.45, 7) is 15.5. The lowest BCUT2D eigenvalue weighted by molar-refractivity contribution is 0.166. The van der Waals surface area contributed by atoms with E-state index < -0.39 is 0 Å². The summed E-state index contributed by atoms with van der Waals surface area (Å²) in [6.07, 6.45) is 8.85. The van der Waals surface area contributed by atoms with Crippen LogP contribution in [0.3, 0.4) is 0 Å². The van der Waals surface area contributed by atoms with Crippen LogP contribution in [0.15, 0.2) is 9.41 Å². The third kappa shape index (κ3) is 8.77. The first-order valence-corrected chi connectivity index (χ1v) is 11.7. The van der Waals surface area contributed by atoms with Crippen LogP contribution < -0.4 is 10.6 Å². The van der Waals surface area contributed by atoms with E-state index in [2.05, 4.69) is 41.3 Å². The highest BCUT2D eigenvalue weighted by molar-refractivity contribution is 5.80. The maximum Gasteiger partial charge on any atom is 0.208 e. The Morgan fingerprint density at radius 3 is 2.59 bits per heavy atom. The first kappa shape index (κ1) is 23.7. The number of rotatable bonds is 11. The number of likely N-dealkylation sites (tertiary alicyclic amines) is 1. The molecular weight excluding hydrogens is 362 g/mol. The van der Waals surface area contributed by atoms with Crippen LogP contribution in [0.4, 0.5) is 0 Å². The van der Waals surface area contributed by atoms with E-state index >= 15 is 0 Å². The molecule has 2 N–H and O–H groups in total. The highest BCUT2D eigenvalue weighted by atomic mass is 16.4. The number of hydrogen-bond acceptors (Lipinski definition) is 4. The Morgan fingerprint density at radius 1 is 1.21 bits per heavy atom. The van der Waals surface area contributed by atoms with E-state index in [9.17, 15) is 0 Å². The maximum atomic E-state index is 5.74. The van der Waals surface area contributed by atoms with Gasteiger partial charge in [0, 0.05) is 19.1 Å². The molecule has 0 radical (unpaired) electrons. The molecule has 1 fully saturated rings. The number of oxazole rings is 1. The molecule has 1 aromatic heterocycles. The van der Waals surface area contributed by atoms with Crippen LogP contribution in [-0.2, 0) is 6.54 Å². The van der Waals surface area contributed by atoms with Crippen molar-refractivity contribution in [1.29, 1.82) is 0 Å². The van der Waals surface area contributed by atoms with Gasteiger partial charge in [-0.3, -0.25) is 9.89 Å². The first-order chi connectivity index (χ1) is 14.0. The molecule has 2 rings (SSSR count). The monoisotopic (exact) mass is 405 g/mol. The fourth-order valence-corrected chi connectivity index (χ4v) is 3.85. The highest BCUT2D eigenvalue weighted by Crippen LogP contribution is 2.20. The van der Waals surface area contributed by atoms with Gasteiger partial charge in [0.25, 0.3) is 0 Å². The Labute approximate surface area is 177 Å². The van der Waals surface area contributed by atoms with Gasteiger partial charge >= 0.3 is 0 Å². The topological polar surface area (TPSA) is 65.7 Å². The molecule has 0 bridgehead atoms. The average Bonchev–Trinajstić information content (AvgIpc) is 3.01. The van der Waals surface area contributed by atoms with Crippen LogP contribution in [0.25, 0.3) is 0 Å². The van der Waals surface area contributed by atoms with Gasteiger partial charge in [-0.2, -0.15) is 0 Å². The van der Waals surface area contributed by atoms with Crippen molar-refractivity contribution in [2.24, 2.45) is 10.9 Å². The van der Waals surface area contributed by atoms with Crippen molar-refractivity contribution in [2.75, 3.05) is 26.2 Å². The van der Waals surface area contributed by atoms with Crippen molar-refractivity contribution < 1.29 is 4.42 Å². The van der Waals surface area contributed by atoms with Crippen LogP contribution in [0, 0.1) is 19.8 Å². The van der Waals surface area contributed by atoms with Gasteiger partial charge in [0.05, 0.1) is 12.2 Å². The molecule has 1 aliphatic heterocycles. The normalized spacial score (nSPS) is 17.5. The summed E-state index contributed by atoms with van der Waals surface area (Å²) < 4.78 is 5.74. The van der Waals surface area contributed by atoms with Gasteiger partial charge in [-0.15, -0.1) is 0 Å². The van der Waals surface area contributed by atoms with E-state index in [-0.39, 0.29) is 0 Å². The fraction of sp³-hybridized carbons (Fsp3) is 0.826. The number of unbranched alkanes of at least 4 members (excludes halogenated alkanes) is 3. The summed E-state index contributed by atoms with van der Waals surface area (Å²) in [5, 5.41) is 7.00. The molecular formula is C23H43N5O. The standard InChI is InChI=1S/C23H43N5O/c1-6-8-9-10-11-18(3)26-23(24-7-2)25-16-21-12-14-28(15-13-21)17-22-27-19(4)20(5)29-22/h18,21H,6-17H2,1-5H3,(H2,24,25,26). The van der Waals surface area contributed by atoms with Gasteiger partial charge in [0.1, 0.15) is 5.76 Å². The predicted octanol–water partition coefficient (Wildman–Crippen LogP) is 4.42. The number of aliphatic imine (C=N–C) groups is 1. The minimum absolute atomic E-state index is 0.471. The molecule has 6 heteroatoms. The summed E-state index contributed by atoms with van der Waals surface area (Å²) in [4.78, 5) is 11.9. The zero-order chi connectivity index (χ0) is 21.1. The van der Waals surface area contributed by atoms with Crippen molar-refractivity contribution >= 4 is 5.96 Å². The molecule has 0 aliphatic carbocycles. The van der Waals surface area contributed by atoms with Gasteiger partial charge in [-0.25, -0.2) is 4.98 Å². The number of hydrogen-bond donors (Lipinski definition) is 2. The molecule has 6 nitrogen and oxygen atoms in total. The van der Waals surface area contributed by atoms with Crippen LogP contribution in [0.2, 0.25) is 0 Å². The average molecular weight is 406 g/mol. The van der Waals surface area contributed by atoms with Crippen molar-refractivity contribution in [3.8, 4) is 0 Å². The predicted molar refractivity (Wildman–Crippen MR) is 121 cm³/mol. The Kier molecular flexibility index (Phi) is 10.5. The number of aromatic nitrogens is 1. The van der Waals surface area contributed by atoms with Crippen LogP contribution in [0.1, 0.15) is 83.1 Å². The number of guanidine groups is 1.